The van der Waals surface area contributed by atoms with Crippen LogP contribution in [-0.2, 0) is 17.6 Å². The molecule has 122 valence electrons. The number of morpholine rings is 1. The third-order valence-electron chi connectivity index (χ3n) is 4.38. The first-order valence-electron chi connectivity index (χ1n) is 8.03. The van der Waals surface area contributed by atoms with Gasteiger partial charge in [0, 0.05) is 18.3 Å². The summed E-state index contributed by atoms with van der Waals surface area (Å²) < 4.78 is 11.1. The van der Waals surface area contributed by atoms with Gasteiger partial charge >= 0.3 is 0 Å². The van der Waals surface area contributed by atoms with E-state index in [1.54, 1.807) is 18.3 Å². The molecule has 1 fully saturated rings. The lowest BCUT2D eigenvalue weighted by molar-refractivity contribution is -0.0347. The molecule has 0 N–H and O–H groups in total. The van der Waals surface area contributed by atoms with Gasteiger partial charge in [0.25, 0.3) is 5.91 Å². The van der Waals surface area contributed by atoms with Crippen LogP contribution in [0.3, 0.4) is 0 Å². The van der Waals surface area contributed by atoms with Crippen LogP contribution in [0.15, 0.2) is 10.5 Å². The topological polar surface area (TPSA) is 68.5 Å². The molecule has 4 rings (SSSR count). The number of aromatic nitrogens is 2. The maximum atomic E-state index is 12.8. The lowest BCUT2D eigenvalue weighted by Gasteiger charge is -2.30. The fourth-order valence-corrected chi connectivity index (χ4v) is 4.40. The van der Waals surface area contributed by atoms with Gasteiger partial charge in [-0.2, -0.15) is 0 Å². The Labute approximate surface area is 138 Å². The molecule has 2 aliphatic rings. The van der Waals surface area contributed by atoms with Gasteiger partial charge in [-0.25, -0.2) is 0 Å². The van der Waals surface area contributed by atoms with Gasteiger partial charge in [-0.05, 0) is 37.3 Å². The van der Waals surface area contributed by atoms with Crippen molar-refractivity contribution in [1.82, 2.24) is 15.1 Å². The minimum Gasteiger partial charge on any atom is -0.423 e. The van der Waals surface area contributed by atoms with Gasteiger partial charge in [-0.15, -0.1) is 21.5 Å². The van der Waals surface area contributed by atoms with E-state index in [-0.39, 0.29) is 12.0 Å². The van der Waals surface area contributed by atoms with Gasteiger partial charge in [-0.1, -0.05) is 0 Å². The van der Waals surface area contributed by atoms with Gasteiger partial charge in [0.1, 0.15) is 0 Å². The molecule has 2 aromatic rings. The number of rotatable bonds is 2. The first-order valence-corrected chi connectivity index (χ1v) is 8.85. The highest BCUT2D eigenvalue weighted by atomic mass is 32.1. The van der Waals surface area contributed by atoms with Crippen LogP contribution in [0.5, 0.6) is 0 Å². The number of carbonyl (C=O) groups excluding carboxylic acids is 1. The monoisotopic (exact) mass is 333 g/mol. The molecule has 2 aromatic heterocycles. The maximum absolute atomic E-state index is 12.8. The maximum Gasteiger partial charge on any atom is 0.264 e. The summed E-state index contributed by atoms with van der Waals surface area (Å²) in [4.78, 5) is 16.9. The standard InChI is InChI=1S/C16H19N3O3S/c1-10-17-18-15(22-10)12-9-19(6-7-21-12)16(20)14-8-11-4-2-3-5-13(11)23-14/h8,12H,2-7,9H2,1H3/t12-/m0/s1. The first kappa shape index (κ1) is 14.8. The van der Waals surface area contributed by atoms with E-state index in [4.69, 9.17) is 9.15 Å². The van der Waals surface area contributed by atoms with Crippen LogP contribution < -0.4 is 0 Å². The van der Waals surface area contributed by atoms with E-state index in [9.17, 15) is 4.79 Å². The fraction of sp³-hybridized carbons (Fsp3) is 0.562. The molecule has 1 atom stereocenters. The molecule has 0 spiro atoms. The molecule has 0 radical (unpaired) electrons. The van der Waals surface area contributed by atoms with Crippen LogP contribution in [0, 0.1) is 6.92 Å². The summed E-state index contributed by atoms with van der Waals surface area (Å²) in [7, 11) is 0. The molecule has 0 bridgehead atoms. The smallest absolute Gasteiger partial charge is 0.264 e. The third-order valence-corrected chi connectivity index (χ3v) is 5.60. The van der Waals surface area contributed by atoms with Crippen molar-refractivity contribution in [2.75, 3.05) is 19.7 Å². The number of fused-ring (bicyclic) bond motifs is 1. The first-order chi connectivity index (χ1) is 11.2. The number of aryl methyl sites for hydroxylation is 3. The minimum atomic E-state index is -0.330. The molecule has 0 saturated carbocycles. The van der Waals surface area contributed by atoms with Crippen LogP contribution in [0.4, 0.5) is 0 Å². The summed E-state index contributed by atoms with van der Waals surface area (Å²) in [6.45, 7) is 3.30. The summed E-state index contributed by atoms with van der Waals surface area (Å²) in [6.07, 6.45) is 4.35. The van der Waals surface area contributed by atoms with E-state index in [0.717, 1.165) is 17.7 Å². The minimum absolute atomic E-state index is 0.0916. The van der Waals surface area contributed by atoms with Crippen molar-refractivity contribution in [2.24, 2.45) is 0 Å². The third kappa shape index (κ3) is 2.90. The number of ether oxygens (including phenoxy) is 1. The number of nitrogens with zero attached hydrogens (tertiary/aromatic N) is 3. The van der Waals surface area contributed by atoms with E-state index in [0.29, 0.717) is 31.5 Å². The predicted molar refractivity (Wildman–Crippen MR) is 84.6 cm³/mol. The lowest BCUT2D eigenvalue weighted by atomic mass is 9.99. The normalized spacial score (nSPS) is 21.3. The molecule has 0 aromatic carbocycles. The second-order valence-electron chi connectivity index (χ2n) is 6.04. The Kier molecular flexibility index (Phi) is 3.90. The summed E-state index contributed by atoms with van der Waals surface area (Å²) in [5.74, 6) is 1.05. The largest absolute Gasteiger partial charge is 0.423 e. The van der Waals surface area contributed by atoms with E-state index >= 15 is 0 Å². The molecule has 0 unspecified atom stereocenters. The molecule has 6 nitrogen and oxygen atoms in total. The van der Waals surface area contributed by atoms with Gasteiger partial charge < -0.3 is 14.1 Å². The summed E-state index contributed by atoms with van der Waals surface area (Å²) in [6, 6.07) is 2.09. The quantitative estimate of drug-likeness (QED) is 0.845. The summed E-state index contributed by atoms with van der Waals surface area (Å²) >= 11 is 1.65. The fourth-order valence-electron chi connectivity index (χ4n) is 3.18. The number of thiophene rings is 1. The van der Waals surface area contributed by atoms with Crippen molar-refractivity contribution in [3.63, 3.8) is 0 Å². The Morgan fingerprint density at radius 3 is 3.00 bits per heavy atom. The second-order valence-corrected chi connectivity index (χ2v) is 7.17. The molecule has 1 saturated heterocycles. The summed E-state index contributed by atoms with van der Waals surface area (Å²) in [5, 5.41) is 7.85. The molecule has 7 heteroatoms. The molecular formula is C16H19N3O3S. The predicted octanol–water partition coefficient (Wildman–Crippen LogP) is 2.53. The molecular weight excluding hydrogens is 314 g/mol. The van der Waals surface area contributed by atoms with Crippen LogP contribution in [0.2, 0.25) is 0 Å². The molecule has 1 amide bonds. The molecule has 23 heavy (non-hydrogen) atoms. The van der Waals surface area contributed by atoms with Gasteiger partial charge in [0.2, 0.25) is 11.8 Å². The zero-order valence-corrected chi connectivity index (χ0v) is 13.9. The zero-order chi connectivity index (χ0) is 15.8. The van der Waals surface area contributed by atoms with Crippen molar-refractivity contribution in [3.05, 3.63) is 33.2 Å². The van der Waals surface area contributed by atoms with Crippen LogP contribution in [0.25, 0.3) is 0 Å². The zero-order valence-electron chi connectivity index (χ0n) is 13.1. The number of hydrogen-bond donors (Lipinski definition) is 0. The van der Waals surface area contributed by atoms with Crippen molar-refractivity contribution >= 4 is 17.2 Å². The number of amides is 1. The Bertz CT molecular complexity index is 700. The lowest BCUT2D eigenvalue weighted by Crippen LogP contribution is -2.42. The SMILES string of the molecule is Cc1nnc([C@@H]2CN(C(=O)c3cc4c(s3)CCCC4)CCO2)o1. The Balaban J connectivity index is 1.50. The second kappa shape index (κ2) is 6.05. The van der Waals surface area contributed by atoms with Crippen LogP contribution in [0.1, 0.15) is 50.8 Å². The van der Waals surface area contributed by atoms with Crippen LogP contribution >= 0.6 is 11.3 Å². The van der Waals surface area contributed by atoms with Crippen molar-refractivity contribution < 1.29 is 13.9 Å². The van der Waals surface area contributed by atoms with Crippen LogP contribution in [-0.4, -0.2) is 40.7 Å². The van der Waals surface area contributed by atoms with Crippen molar-refractivity contribution in [1.29, 1.82) is 0 Å². The van der Waals surface area contributed by atoms with E-state index in [2.05, 4.69) is 16.3 Å². The van der Waals surface area contributed by atoms with E-state index in [1.165, 1.54) is 23.3 Å². The van der Waals surface area contributed by atoms with Gasteiger partial charge in [-0.3, -0.25) is 4.79 Å². The average Bonchev–Trinajstić information content (AvgIpc) is 3.20. The Hall–Kier alpha value is -1.73. The molecule has 1 aliphatic carbocycles. The highest BCUT2D eigenvalue weighted by molar-refractivity contribution is 7.14. The van der Waals surface area contributed by atoms with Gasteiger partial charge in [0.05, 0.1) is 18.0 Å². The Morgan fingerprint density at radius 1 is 1.35 bits per heavy atom. The number of carbonyl (C=O) groups is 1. The van der Waals surface area contributed by atoms with E-state index in [1.807, 2.05) is 4.90 Å². The summed E-state index contributed by atoms with van der Waals surface area (Å²) in [5.41, 5.74) is 1.36. The Morgan fingerprint density at radius 2 is 2.22 bits per heavy atom. The molecule has 1 aliphatic heterocycles. The van der Waals surface area contributed by atoms with Gasteiger partial charge in [0.15, 0.2) is 6.10 Å². The highest BCUT2D eigenvalue weighted by Crippen LogP contribution is 2.31. The van der Waals surface area contributed by atoms with Crippen molar-refractivity contribution in [3.8, 4) is 0 Å². The highest BCUT2D eigenvalue weighted by Gasteiger charge is 2.30. The number of hydrogen-bond acceptors (Lipinski definition) is 6. The van der Waals surface area contributed by atoms with Crippen molar-refractivity contribution in [2.45, 2.75) is 38.7 Å². The average molecular weight is 333 g/mol. The molecule has 3 heterocycles. The van der Waals surface area contributed by atoms with E-state index < -0.39 is 0 Å².